The fourth-order valence-electron chi connectivity index (χ4n) is 4.36. The van der Waals surface area contributed by atoms with Gasteiger partial charge in [-0.3, -0.25) is 4.79 Å². The Balaban J connectivity index is 2.24. The SMILES string of the molecule is CCOC(=O)C(C(C)C)[C@@H](C1CCCCC1)[C@H]1COC(C)(C)O1. The van der Waals surface area contributed by atoms with Gasteiger partial charge in [0.05, 0.1) is 25.2 Å². The van der Waals surface area contributed by atoms with Gasteiger partial charge in [-0.2, -0.15) is 0 Å². The smallest absolute Gasteiger partial charge is 0.309 e. The molecule has 0 radical (unpaired) electrons. The van der Waals surface area contributed by atoms with E-state index in [0.29, 0.717) is 19.1 Å². The Hall–Kier alpha value is -0.610. The van der Waals surface area contributed by atoms with Crippen LogP contribution in [0.3, 0.4) is 0 Å². The van der Waals surface area contributed by atoms with E-state index in [2.05, 4.69) is 13.8 Å². The fourth-order valence-corrected chi connectivity index (χ4v) is 4.36. The van der Waals surface area contributed by atoms with Crippen LogP contribution in [0.25, 0.3) is 0 Å². The van der Waals surface area contributed by atoms with Gasteiger partial charge in [0.15, 0.2) is 5.79 Å². The van der Waals surface area contributed by atoms with Crippen LogP contribution < -0.4 is 0 Å². The molecule has 4 heteroatoms. The zero-order chi connectivity index (χ0) is 17.0. The highest BCUT2D eigenvalue weighted by atomic mass is 16.7. The van der Waals surface area contributed by atoms with Crippen LogP contribution in [0.15, 0.2) is 0 Å². The average Bonchev–Trinajstić information content (AvgIpc) is 2.85. The Morgan fingerprint density at radius 3 is 2.35 bits per heavy atom. The summed E-state index contributed by atoms with van der Waals surface area (Å²) in [5.41, 5.74) is 0. The number of esters is 1. The van der Waals surface area contributed by atoms with Crippen LogP contribution >= 0.6 is 0 Å². The minimum absolute atomic E-state index is 0.00935. The molecule has 1 saturated carbocycles. The summed E-state index contributed by atoms with van der Waals surface area (Å²) in [5, 5.41) is 0. The van der Waals surface area contributed by atoms with Crippen molar-refractivity contribution < 1.29 is 19.0 Å². The molecule has 0 amide bonds. The lowest BCUT2D eigenvalue weighted by molar-refractivity contribution is -0.167. The molecule has 0 aromatic rings. The third kappa shape index (κ3) is 4.69. The van der Waals surface area contributed by atoms with Gasteiger partial charge in [-0.15, -0.1) is 0 Å². The van der Waals surface area contributed by atoms with Gasteiger partial charge in [-0.1, -0.05) is 46.0 Å². The Bertz CT molecular complexity index is 385. The molecule has 0 N–H and O–H groups in total. The molecule has 134 valence electrons. The number of ether oxygens (including phenoxy) is 3. The van der Waals surface area contributed by atoms with Crippen LogP contribution in [0.1, 0.15) is 66.7 Å². The minimum atomic E-state index is -0.548. The highest BCUT2D eigenvalue weighted by Crippen LogP contribution is 2.43. The second kappa shape index (κ2) is 7.98. The van der Waals surface area contributed by atoms with Crippen molar-refractivity contribution in [3.05, 3.63) is 0 Å². The maximum absolute atomic E-state index is 12.7. The molecule has 1 unspecified atom stereocenters. The molecular weight excluding hydrogens is 292 g/mol. The summed E-state index contributed by atoms with van der Waals surface area (Å²) >= 11 is 0. The fraction of sp³-hybridized carbons (Fsp3) is 0.947. The van der Waals surface area contributed by atoms with Gasteiger partial charge in [-0.25, -0.2) is 0 Å². The quantitative estimate of drug-likeness (QED) is 0.687. The Morgan fingerprint density at radius 1 is 1.22 bits per heavy atom. The van der Waals surface area contributed by atoms with E-state index in [9.17, 15) is 4.79 Å². The molecule has 4 nitrogen and oxygen atoms in total. The molecule has 0 bridgehead atoms. The van der Waals surface area contributed by atoms with Crippen LogP contribution in [-0.2, 0) is 19.0 Å². The van der Waals surface area contributed by atoms with Crippen LogP contribution in [0.2, 0.25) is 0 Å². The molecule has 2 rings (SSSR count). The first-order valence-electron chi connectivity index (χ1n) is 9.34. The van der Waals surface area contributed by atoms with Crippen molar-refractivity contribution in [2.45, 2.75) is 78.6 Å². The van der Waals surface area contributed by atoms with Crippen molar-refractivity contribution in [3.8, 4) is 0 Å². The topological polar surface area (TPSA) is 44.8 Å². The molecule has 23 heavy (non-hydrogen) atoms. The molecular formula is C19H34O4. The van der Waals surface area contributed by atoms with Crippen molar-refractivity contribution in [2.75, 3.05) is 13.2 Å². The van der Waals surface area contributed by atoms with Gasteiger partial charge in [0, 0.05) is 5.92 Å². The zero-order valence-corrected chi connectivity index (χ0v) is 15.5. The van der Waals surface area contributed by atoms with Crippen molar-refractivity contribution in [1.29, 1.82) is 0 Å². The predicted octanol–water partition coefficient (Wildman–Crippen LogP) is 4.17. The average molecular weight is 326 g/mol. The summed E-state index contributed by atoms with van der Waals surface area (Å²) in [5.74, 6) is 0.243. The number of hydrogen-bond acceptors (Lipinski definition) is 4. The van der Waals surface area contributed by atoms with Crippen molar-refractivity contribution in [1.82, 2.24) is 0 Å². The van der Waals surface area contributed by atoms with E-state index in [-0.39, 0.29) is 29.8 Å². The molecule has 3 atom stereocenters. The number of rotatable bonds is 6. The summed E-state index contributed by atoms with van der Waals surface area (Å²) < 4.78 is 17.4. The third-order valence-electron chi connectivity index (χ3n) is 5.35. The highest BCUT2D eigenvalue weighted by Gasteiger charge is 2.47. The molecule has 2 fully saturated rings. The second-order valence-corrected chi connectivity index (χ2v) is 7.86. The minimum Gasteiger partial charge on any atom is -0.466 e. The van der Waals surface area contributed by atoms with Gasteiger partial charge in [0.1, 0.15) is 0 Å². The number of carbonyl (C=O) groups is 1. The lowest BCUT2D eigenvalue weighted by Gasteiger charge is -2.39. The summed E-state index contributed by atoms with van der Waals surface area (Å²) in [4.78, 5) is 12.7. The first-order valence-corrected chi connectivity index (χ1v) is 9.34. The van der Waals surface area contributed by atoms with E-state index >= 15 is 0 Å². The Kier molecular flexibility index (Phi) is 6.49. The monoisotopic (exact) mass is 326 g/mol. The van der Waals surface area contributed by atoms with Crippen LogP contribution in [0.4, 0.5) is 0 Å². The van der Waals surface area contributed by atoms with Crippen molar-refractivity contribution in [3.63, 3.8) is 0 Å². The number of hydrogen-bond donors (Lipinski definition) is 0. The largest absolute Gasteiger partial charge is 0.466 e. The predicted molar refractivity (Wildman–Crippen MR) is 89.9 cm³/mol. The Morgan fingerprint density at radius 2 is 1.87 bits per heavy atom. The molecule has 0 aromatic carbocycles. The highest BCUT2D eigenvalue weighted by molar-refractivity contribution is 5.73. The van der Waals surface area contributed by atoms with E-state index in [1.807, 2.05) is 20.8 Å². The van der Waals surface area contributed by atoms with Crippen molar-refractivity contribution in [2.24, 2.45) is 23.7 Å². The summed E-state index contributed by atoms with van der Waals surface area (Å²) in [7, 11) is 0. The van der Waals surface area contributed by atoms with Gasteiger partial charge >= 0.3 is 5.97 Å². The molecule has 1 aliphatic heterocycles. The van der Waals surface area contributed by atoms with Gasteiger partial charge in [0.25, 0.3) is 0 Å². The summed E-state index contributed by atoms with van der Waals surface area (Å²) in [6, 6.07) is 0. The standard InChI is InChI=1S/C19H34O4/c1-6-21-18(20)16(13(2)3)17(14-10-8-7-9-11-14)15-12-22-19(4,5)23-15/h13-17H,6-12H2,1-5H3/t15-,16?,17+/m1/s1. The normalized spacial score (nSPS) is 27.8. The van der Waals surface area contributed by atoms with E-state index in [1.165, 1.54) is 32.1 Å². The van der Waals surface area contributed by atoms with Crippen LogP contribution in [0.5, 0.6) is 0 Å². The lowest BCUT2D eigenvalue weighted by atomic mass is 9.68. The van der Waals surface area contributed by atoms with E-state index in [1.54, 1.807) is 0 Å². The maximum atomic E-state index is 12.7. The Labute approximate surface area is 141 Å². The third-order valence-corrected chi connectivity index (χ3v) is 5.35. The van der Waals surface area contributed by atoms with Crippen LogP contribution in [0, 0.1) is 23.7 Å². The van der Waals surface area contributed by atoms with Crippen molar-refractivity contribution >= 4 is 5.97 Å². The number of carbonyl (C=O) groups excluding carboxylic acids is 1. The van der Waals surface area contributed by atoms with E-state index in [4.69, 9.17) is 14.2 Å². The molecule has 1 saturated heterocycles. The van der Waals surface area contributed by atoms with Crippen LogP contribution in [-0.4, -0.2) is 31.1 Å². The first-order chi connectivity index (χ1) is 10.9. The molecule has 0 spiro atoms. The molecule has 2 aliphatic rings. The molecule has 1 heterocycles. The molecule has 0 aromatic heterocycles. The van der Waals surface area contributed by atoms with Gasteiger partial charge in [0.2, 0.25) is 0 Å². The second-order valence-electron chi connectivity index (χ2n) is 7.86. The first kappa shape index (κ1) is 18.7. The summed E-state index contributed by atoms with van der Waals surface area (Å²) in [6.45, 7) is 11.1. The van der Waals surface area contributed by atoms with E-state index in [0.717, 1.165) is 0 Å². The van der Waals surface area contributed by atoms with E-state index < -0.39 is 5.79 Å². The summed E-state index contributed by atoms with van der Waals surface area (Å²) in [6.07, 6.45) is 6.19. The van der Waals surface area contributed by atoms with Gasteiger partial charge in [-0.05, 0) is 32.6 Å². The lowest BCUT2D eigenvalue weighted by Crippen LogP contribution is -2.43. The zero-order valence-electron chi connectivity index (χ0n) is 15.5. The van der Waals surface area contributed by atoms with Gasteiger partial charge < -0.3 is 14.2 Å². The maximum Gasteiger partial charge on any atom is 0.309 e. The molecule has 1 aliphatic carbocycles.